The van der Waals surface area contributed by atoms with Crippen LogP contribution in [0.1, 0.15) is 17.5 Å². The fraction of sp³-hybridized carbons (Fsp3) is 0.500. The first-order valence-corrected chi connectivity index (χ1v) is 9.24. The minimum atomic E-state index is -3.69. The average molecular weight is 309 g/mol. The largest absolute Gasteiger partial charge is 0.493 e. The number of hydrogen-bond donors (Lipinski definition) is 0. The molecular formula is C12H17ClO3S2. The Morgan fingerprint density at radius 2 is 1.94 bits per heavy atom. The van der Waals surface area contributed by atoms with Gasteiger partial charge in [-0.3, -0.25) is 0 Å². The second-order valence-corrected chi connectivity index (χ2v) is 7.54. The van der Waals surface area contributed by atoms with Crippen molar-refractivity contribution in [3.63, 3.8) is 0 Å². The van der Waals surface area contributed by atoms with E-state index in [1.807, 2.05) is 6.92 Å². The van der Waals surface area contributed by atoms with Gasteiger partial charge >= 0.3 is 0 Å². The molecule has 0 radical (unpaired) electrons. The third kappa shape index (κ3) is 4.37. The Labute approximate surface area is 117 Å². The molecular weight excluding hydrogens is 292 g/mol. The average Bonchev–Trinajstić information content (AvgIpc) is 2.27. The van der Waals surface area contributed by atoms with Gasteiger partial charge in [0.15, 0.2) is 0 Å². The van der Waals surface area contributed by atoms with Crippen LogP contribution >= 0.6 is 22.4 Å². The molecule has 1 rings (SSSR count). The Bertz CT molecular complexity index is 512. The molecule has 0 heterocycles. The second-order valence-electron chi connectivity index (χ2n) is 4.02. The van der Waals surface area contributed by atoms with E-state index in [1.54, 1.807) is 30.8 Å². The van der Waals surface area contributed by atoms with Gasteiger partial charge in [-0.25, -0.2) is 8.42 Å². The summed E-state index contributed by atoms with van der Waals surface area (Å²) in [7, 11) is 1.67. The lowest BCUT2D eigenvalue weighted by Crippen LogP contribution is -2.02. The van der Waals surface area contributed by atoms with Gasteiger partial charge in [0.1, 0.15) is 5.75 Å². The van der Waals surface area contributed by atoms with Crippen LogP contribution in [-0.2, 0) is 9.05 Å². The molecule has 3 nitrogen and oxygen atoms in total. The number of thioether (sulfide) groups is 1. The van der Waals surface area contributed by atoms with E-state index in [-0.39, 0.29) is 4.90 Å². The summed E-state index contributed by atoms with van der Waals surface area (Å²) in [6, 6.07) is 3.28. The van der Waals surface area contributed by atoms with Crippen molar-refractivity contribution in [3.8, 4) is 5.75 Å². The first kappa shape index (κ1) is 15.7. The number of ether oxygens (including phenoxy) is 1. The van der Waals surface area contributed by atoms with Gasteiger partial charge in [-0.1, -0.05) is 0 Å². The minimum absolute atomic E-state index is 0.151. The Hall–Kier alpha value is -0.390. The van der Waals surface area contributed by atoms with E-state index in [1.165, 1.54) is 0 Å². The normalized spacial score (nSPS) is 11.6. The van der Waals surface area contributed by atoms with E-state index < -0.39 is 9.05 Å². The molecule has 0 aromatic heterocycles. The molecule has 0 aliphatic carbocycles. The summed E-state index contributed by atoms with van der Waals surface area (Å²) in [6.45, 7) is 4.16. The first-order valence-electron chi connectivity index (χ1n) is 5.54. The summed E-state index contributed by atoms with van der Waals surface area (Å²) in [5, 5.41) is 0. The van der Waals surface area contributed by atoms with E-state index in [9.17, 15) is 8.42 Å². The van der Waals surface area contributed by atoms with E-state index in [4.69, 9.17) is 15.4 Å². The van der Waals surface area contributed by atoms with Crippen molar-refractivity contribution in [3.05, 3.63) is 23.3 Å². The van der Waals surface area contributed by atoms with Crippen LogP contribution in [0, 0.1) is 13.8 Å². The predicted octanol–water partition coefficient (Wildman–Crippen LogP) is 3.36. The van der Waals surface area contributed by atoms with E-state index in [2.05, 4.69) is 6.26 Å². The molecule has 102 valence electrons. The molecule has 0 aliphatic heterocycles. The molecule has 1 aromatic rings. The molecule has 0 bridgehead atoms. The maximum absolute atomic E-state index is 11.3. The lowest BCUT2D eigenvalue weighted by atomic mass is 10.1. The number of halogens is 1. The molecule has 0 amide bonds. The number of aryl methyl sites for hydroxylation is 2. The zero-order chi connectivity index (χ0) is 13.8. The minimum Gasteiger partial charge on any atom is -0.493 e. The Morgan fingerprint density at radius 3 is 2.50 bits per heavy atom. The van der Waals surface area contributed by atoms with Crippen molar-refractivity contribution in [2.75, 3.05) is 18.6 Å². The van der Waals surface area contributed by atoms with Crippen molar-refractivity contribution in [2.24, 2.45) is 0 Å². The van der Waals surface area contributed by atoms with Crippen molar-refractivity contribution >= 4 is 31.5 Å². The summed E-state index contributed by atoms with van der Waals surface area (Å²) in [5.74, 6) is 1.77. The SMILES string of the molecule is CSCCCOc1cc(C)c(S(=O)(=O)Cl)cc1C. The van der Waals surface area contributed by atoms with Crippen LogP contribution in [0.3, 0.4) is 0 Å². The highest BCUT2D eigenvalue weighted by atomic mass is 35.7. The standard InChI is InChI=1S/C12H17ClO3S2/c1-9-8-12(18(13,14)15)10(2)7-11(9)16-5-4-6-17-3/h7-8H,4-6H2,1-3H3. The van der Waals surface area contributed by atoms with Gasteiger partial charge in [0.05, 0.1) is 11.5 Å². The Balaban J connectivity index is 2.87. The van der Waals surface area contributed by atoms with Gasteiger partial charge in [0.25, 0.3) is 9.05 Å². The molecule has 18 heavy (non-hydrogen) atoms. The van der Waals surface area contributed by atoms with Crippen molar-refractivity contribution in [1.29, 1.82) is 0 Å². The van der Waals surface area contributed by atoms with Gasteiger partial charge in [0.2, 0.25) is 0 Å². The van der Waals surface area contributed by atoms with Gasteiger partial charge in [-0.05, 0) is 55.5 Å². The summed E-state index contributed by atoms with van der Waals surface area (Å²) < 4.78 is 28.3. The first-order chi connectivity index (χ1) is 8.36. The van der Waals surface area contributed by atoms with E-state index in [0.29, 0.717) is 12.2 Å². The molecule has 0 unspecified atom stereocenters. The number of rotatable bonds is 6. The molecule has 0 fully saturated rings. The number of hydrogen-bond acceptors (Lipinski definition) is 4. The molecule has 1 aromatic carbocycles. The summed E-state index contributed by atoms with van der Waals surface area (Å²) >= 11 is 1.77. The number of benzene rings is 1. The molecule has 0 atom stereocenters. The highest BCUT2D eigenvalue weighted by Crippen LogP contribution is 2.27. The summed E-state index contributed by atoms with van der Waals surface area (Å²) in [6.07, 6.45) is 3.02. The van der Waals surface area contributed by atoms with Crippen LogP contribution in [0.5, 0.6) is 5.75 Å². The Morgan fingerprint density at radius 1 is 1.28 bits per heavy atom. The van der Waals surface area contributed by atoms with Gasteiger partial charge in [0, 0.05) is 10.7 Å². The molecule has 0 spiro atoms. The highest BCUT2D eigenvalue weighted by molar-refractivity contribution is 8.13. The lowest BCUT2D eigenvalue weighted by molar-refractivity contribution is 0.316. The van der Waals surface area contributed by atoms with Crippen molar-refractivity contribution < 1.29 is 13.2 Å². The maximum atomic E-state index is 11.3. The smallest absolute Gasteiger partial charge is 0.261 e. The fourth-order valence-corrected chi connectivity index (χ4v) is 3.23. The Kier molecular flexibility index (Phi) is 5.82. The highest BCUT2D eigenvalue weighted by Gasteiger charge is 2.15. The van der Waals surface area contributed by atoms with Crippen LogP contribution in [0.25, 0.3) is 0 Å². The summed E-state index contributed by atoms with van der Waals surface area (Å²) in [5.41, 5.74) is 1.39. The fourth-order valence-electron chi connectivity index (χ4n) is 1.57. The zero-order valence-electron chi connectivity index (χ0n) is 10.7. The van der Waals surface area contributed by atoms with Crippen molar-refractivity contribution in [2.45, 2.75) is 25.2 Å². The van der Waals surface area contributed by atoms with E-state index in [0.717, 1.165) is 23.5 Å². The van der Waals surface area contributed by atoms with Crippen LogP contribution in [0.4, 0.5) is 0 Å². The van der Waals surface area contributed by atoms with Crippen LogP contribution in [-0.4, -0.2) is 27.0 Å². The topological polar surface area (TPSA) is 43.4 Å². The summed E-state index contributed by atoms with van der Waals surface area (Å²) in [4.78, 5) is 0.151. The van der Waals surface area contributed by atoms with Crippen LogP contribution < -0.4 is 4.74 Å². The second kappa shape index (κ2) is 6.68. The van der Waals surface area contributed by atoms with Gasteiger partial charge in [-0.2, -0.15) is 11.8 Å². The van der Waals surface area contributed by atoms with Crippen molar-refractivity contribution in [1.82, 2.24) is 0 Å². The zero-order valence-corrected chi connectivity index (χ0v) is 13.1. The third-order valence-corrected chi connectivity index (χ3v) is 4.65. The van der Waals surface area contributed by atoms with Gasteiger partial charge < -0.3 is 4.74 Å². The molecule has 0 saturated carbocycles. The quantitative estimate of drug-likeness (QED) is 0.597. The lowest BCUT2D eigenvalue weighted by Gasteiger charge is -2.11. The maximum Gasteiger partial charge on any atom is 0.261 e. The molecule has 6 heteroatoms. The third-order valence-electron chi connectivity index (χ3n) is 2.49. The molecule has 0 saturated heterocycles. The van der Waals surface area contributed by atoms with E-state index >= 15 is 0 Å². The van der Waals surface area contributed by atoms with Crippen LogP contribution in [0.2, 0.25) is 0 Å². The molecule has 0 aliphatic rings. The monoisotopic (exact) mass is 308 g/mol. The van der Waals surface area contributed by atoms with Gasteiger partial charge in [-0.15, -0.1) is 0 Å². The predicted molar refractivity (Wildman–Crippen MR) is 77.4 cm³/mol. The van der Waals surface area contributed by atoms with Crippen LogP contribution in [0.15, 0.2) is 17.0 Å². The molecule has 0 N–H and O–H groups in total.